The Morgan fingerprint density at radius 3 is 2.69 bits per heavy atom. The topological polar surface area (TPSA) is 35.5 Å². The van der Waals surface area contributed by atoms with Crippen molar-refractivity contribution >= 4 is 12.0 Å². The van der Waals surface area contributed by atoms with Crippen LogP contribution in [0, 0.1) is 0 Å². The fourth-order valence-corrected chi connectivity index (χ4v) is 1.25. The third-order valence-electron chi connectivity index (χ3n) is 1.97. The maximum atomic E-state index is 11.6. The molecular weight excluding hydrogens is 204 g/mol. The molecule has 0 aliphatic rings. The van der Waals surface area contributed by atoms with E-state index in [9.17, 15) is 4.79 Å². The van der Waals surface area contributed by atoms with Crippen molar-refractivity contribution in [2.75, 3.05) is 13.2 Å². The minimum atomic E-state index is -0.306. The molecule has 0 aliphatic heterocycles. The summed E-state index contributed by atoms with van der Waals surface area (Å²) in [5, 5.41) is 0. The van der Waals surface area contributed by atoms with Crippen molar-refractivity contribution < 1.29 is 14.3 Å². The van der Waals surface area contributed by atoms with E-state index >= 15 is 0 Å². The average Bonchev–Trinajstić information content (AvgIpc) is 2.30. The Bertz CT molecular complexity index is 369. The molecule has 16 heavy (non-hydrogen) atoms. The molecule has 0 heterocycles. The van der Waals surface area contributed by atoms with Gasteiger partial charge in [0.25, 0.3) is 0 Å². The summed E-state index contributed by atoms with van der Waals surface area (Å²) in [6.45, 7) is 4.68. The highest BCUT2D eigenvalue weighted by molar-refractivity contribution is 5.93. The van der Waals surface area contributed by atoms with E-state index in [0.717, 1.165) is 5.56 Å². The van der Waals surface area contributed by atoms with E-state index in [0.29, 0.717) is 18.8 Å². The quantitative estimate of drug-likeness (QED) is 0.565. The Labute approximate surface area is 95.7 Å². The molecule has 0 unspecified atom stereocenters. The molecule has 0 bridgehead atoms. The van der Waals surface area contributed by atoms with Gasteiger partial charge in [-0.1, -0.05) is 18.2 Å². The van der Waals surface area contributed by atoms with E-state index in [1.165, 1.54) is 0 Å². The molecule has 1 aromatic carbocycles. The van der Waals surface area contributed by atoms with Gasteiger partial charge in [0.15, 0.2) is 0 Å². The molecule has 0 atom stereocenters. The van der Waals surface area contributed by atoms with Gasteiger partial charge in [-0.15, -0.1) is 0 Å². The van der Waals surface area contributed by atoms with Crippen molar-refractivity contribution in [3.05, 3.63) is 41.7 Å². The van der Waals surface area contributed by atoms with Crippen molar-refractivity contribution in [2.45, 2.75) is 13.8 Å². The van der Waals surface area contributed by atoms with Crippen LogP contribution in [0.25, 0.3) is 6.08 Å². The molecule has 1 aromatic rings. The van der Waals surface area contributed by atoms with Crippen molar-refractivity contribution in [1.82, 2.24) is 0 Å². The van der Waals surface area contributed by atoms with E-state index in [1.807, 2.05) is 25.1 Å². The summed E-state index contributed by atoms with van der Waals surface area (Å²) in [5.41, 5.74) is 1.36. The Morgan fingerprint density at radius 1 is 1.25 bits per heavy atom. The minimum absolute atomic E-state index is 0.306. The smallest absolute Gasteiger partial charge is 0.338 e. The third kappa shape index (κ3) is 3.42. The van der Waals surface area contributed by atoms with Crippen LogP contribution in [0.15, 0.2) is 30.5 Å². The standard InChI is InChI=1S/C13H16O3/c1-3-15-10-9-11-7-5-6-8-12(11)13(14)16-4-2/h5-10H,3-4H2,1-2H3/b10-9-. The van der Waals surface area contributed by atoms with Crippen LogP contribution >= 0.6 is 0 Å². The maximum Gasteiger partial charge on any atom is 0.338 e. The zero-order chi connectivity index (χ0) is 11.8. The van der Waals surface area contributed by atoms with Gasteiger partial charge in [0.1, 0.15) is 0 Å². The third-order valence-corrected chi connectivity index (χ3v) is 1.97. The highest BCUT2D eigenvalue weighted by atomic mass is 16.5. The molecule has 0 aromatic heterocycles. The van der Waals surface area contributed by atoms with Gasteiger partial charge in [-0.3, -0.25) is 0 Å². The zero-order valence-electron chi connectivity index (χ0n) is 9.60. The number of carbonyl (C=O) groups excluding carboxylic acids is 1. The molecule has 3 heteroatoms. The summed E-state index contributed by atoms with van der Waals surface area (Å²) in [5.74, 6) is -0.306. The summed E-state index contributed by atoms with van der Waals surface area (Å²) in [7, 11) is 0. The van der Waals surface area contributed by atoms with Gasteiger partial charge in [-0.25, -0.2) is 4.79 Å². The molecule has 0 aliphatic carbocycles. The lowest BCUT2D eigenvalue weighted by atomic mass is 10.1. The molecule has 0 spiro atoms. The number of esters is 1. The molecule has 1 rings (SSSR count). The maximum absolute atomic E-state index is 11.6. The number of rotatable bonds is 5. The van der Waals surface area contributed by atoms with Gasteiger partial charge in [0.05, 0.1) is 25.0 Å². The van der Waals surface area contributed by atoms with Crippen molar-refractivity contribution in [3.8, 4) is 0 Å². The minimum Gasteiger partial charge on any atom is -0.501 e. The lowest BCUT2D eigenvalue weighted by Crippen LogP contribution is -2.06. The summed E-state index contributed by atoms with van der Waals surface area (Å²) in [4.78, 5) is 11.6. The van der Waals surface area contributed by atoms with Crippen LogP contribution in [0.4, 0.5) is 0 Å². The highest BCUT2D eigenvalue weighted by Crippen LogP contribution is 2.12. The van der Waals surface area contributed by atoms with Crippen LogP contribution in [0.1, 0.15) is 29.8 Å². The second-order valence-corrected chi connectivity index (χ2v) is 3.07. The Balaban J connectivity index is 2.87. The van der Waals surface area contributed by atoms with Crippen LogP contribution in [0.2, 0.25) is 0 Å². The van der Waals surface area contributed by atoms with Crippen LogP contribution in [0.3, 0.4) is 0 Å². The second-order valence-electron chi connectivity index (χ2n) is 3.07. The number of hydrogen-bond acceptors (Lipinski definition) is 3. The first-order valence-electron chi connectivity index (χ1n) is 5.33. The van der Waals surface area contributed by atoms with Crippen LogP contribution < -0.4 is 0 Å². The number of hydrogen-bond donors (Lipinski definition) is 0. The molecule has 0 radical (unpaired) electrons. The first-order valence-corrected chi connectivity index (χ1v) is 5.33. The molecule has 3 nitrogen and oxygen atoms in total. The molecule has 0 saturated carbocycles. The number of carbonyl (C=O) groups is 1. The van der Waals surface area contributed by atoms with Gasteiger partial charge >= 0.3 is 5.97 Å². The van der Waals surface area contributed by atoms with Crippen molar-refractivity contribution in [2.24, 2.45) is 0 Å². The summed E-state index contributed by atoms with van der Waals surface area (Å²) >= 11 is 0. The van der Waals surface area contributed by atoms with Crippen LogP contribution in [0.5, 0.6) is 0 Å². The fourth-order valence-electron chi connectivity index (χ4n) is 1.25. The van der Waals surface area contributed by atoms with Crippen LogP contribution in [-0.2, 0) is 9.47 Å². The molecule has 0 fully saturated rings. The van der Waals surface area contributed by atoms with Gasteiger partial charge in [-0.2, -0.15) is 0 Å². The summed E-state index contributed by atoms with van der Waals surface area (Å²) < 4.78 is 10.1. The lowest BCUT2D eigenvalue weighted by Gasteiger charge is -2.04. The SMILES string of the molecule is CCO/C=C\c1ccccc1C(=O)OCC. The summed E-state index contributed by atoms with van der Waals surface area (Å²) in [6, 6.07) is 7.27. The number of benzene rings is 1. The van der Waals surface area contributed by atoms with Crippen molar-refractivity contribution in [3.63, 3.8) is 0 Å². The normalized spacial score (nSPS) is 10.4. The first-order chi connectivity index (χ1) is 7.79. The zero-order valence-corrected chi connectivity index (χ0v) is 9.60. The number of ether oxygens (including phenoxy) is 2. The van der Waals surface area contributed by atoms with Gasteiger partial charge < -0.3 is 9.47 Å². The molecule has 0 N–H and O–H groups in total. The monoisotopic (exact) mass is 220 g/mol. The van der Waals surface area contributed by atoms with E-state index in [2.05, 4.69) is 0 Å². The van der Waals surface area contributed by atoms with E-state index in [1.54, 1.807) is 25.3 Å². The van der Waals surface area contributed by atoms with E-state index in [4.69, 9.17) is 9.47 Å². The highest BCUT2D eigenvalue weighted by Gasteiger charge is 2.09. The Morgan fingerprint density at radius 2 is 2.00 bits per heavy atom. The van der Waals surface area contributed by atoms with Gasteiger partial charge in [-0.05, 0) is 31.6 Å². The largest absolute Gasteiger partial charge is 0.501 e. The van der Waals surface area contributed by atoms with Gasteiger partial charge in [0.2, 0.25) is 0 Å². The Hall–Kier alpha value is -1.77. The lowest BCUT2D eigenvalue weighted by molar-refractivity contribution is 0.0526. The first kappa shape index (κ1) is 12.3. The van der Waals surface area contributed by atoms with Gasteiger partial charge in [0, 0.05) is 0 Å². The predicted octanol–water partition coefficient (Wildman–Crippen LogP) is 2.87. The fraction of sp³-hybridized carbons (Fsp3) is 0.308. The molecule has 0 amide bonds. The van der Waals surface area contributed by atoms with E-state index in [-0.39, 0.29) is 5.97 Å². The van der Waals surface area contributed by atoms with Crippen LogP contribution in [-0.4, -0.2) is 19.2 Å². The van der Waals surface area contributed by atoms with Crippen molar-refractivity contribution in [1.29, 1.82) is 0 Å². The average molecular weight is 220 g/mol. The molecule has 86 valence electrons. The second kappa shape index (κ2) is 6.67. The molecular formula is C13H16O3. The molecule has 0 saturated heterocycles. The predicted molar refractivity (Wildman–Crippen MR) is 63.1 cm³/mol. The van der Waals surface area contributed by atoms with E-state index < -0.39 is 0 Å². The summed E-state index contributed by atoms with van der Waals surface area (Å²) in [6.07, 6.45) is 3.34. The Kier molecular flexibility index (Phi) is 5.12.